The number of rotatable bonds is 2. The van der Waals surface area contributed by atoms with Crippen LogP contribution in [0.5, 0.6) is 0 Å². The Morgan fingerprint density at radius 3 is 2.82 bits per heavy atom. The van der Waals surface area contributed by atoms with Gasteiger partial charge in [-0.05, 0) is 48.7 Å². The molecule has 1 aromatic carbocycles. The van der Waals surface area contributed by atoms with Crippen molar-refractivity contribution in [3.63, 3.8) is 0 Å². The second-order valence-electron chi connectivity index (χ2n) is 4.17. The summed E-state index contributed by atoms with van der Waals surface area (Å²) in [6, 6.07) is 10.8. The summed E-state index contributed by atoms with van der Waals surface area (Å²) in [6.07, 6.45) is 2.30. The van der Waals surface area contributed by atoms with Gasteiger partial charge in [-0.15, -0.1) is 11.3 Å². The molecule has 0 amide bonds. The molecule has 88 valence electrons. The van der Waals surface area contributed by atoms with Crippen LogP contribution < -0.4 is 5.32 Å². The lowest BCUT2D eigenvalue weighted by molar-refractivity contribution is 0.762. The normalized spacial score (nSPS) is 18.1. The Morgan fingerprint density at radius 2 is 2.06 bits per heavy atom. The van der Waals surface area contributed by atoms with Crippen molar-refractivity contribution in [2.75, 3.05) is 5.32 Å². The molecule has 1 aromatic heterocycles. The highest BCUT2D eigenvalue weighted by Crippen LogP contribution is 2.40. The largest absolute Gasteiger partial charge is 0.378 e. The number of halogens is 2. The van der Waals surface area contributed by atoms with E-state index in [0.29, 0.717) is 6.04 Å². The SMILES string of the molecule is Clc1cc2c(s1)CCC2Nc1ccc(Br)cc1. The number of aryl methyl sites for hydroxylation is 1. The van der Waals surface area contributed by atoms with Crippen LogP contribution in [0, 0.1) is 0 Å². The van der Waals surface area contributed by atoms with Gasteiger partial charge in [0.15, 0.2) is 0 Å². The van der Waals surface area contributed by atoms with Crippen LogP contribution in [0.1, 0.15) is 22.9 Å². The quantitative estimate of drug-likeness (QED) is 0.792. The molecule has 1 unspecified atom stereocenters. The summed E-state index contributed by atoms with van der Waals surface area (Å²) in [5, 5.41) is 3.56. The van der Waals surface area contributed by atoms with Crippen molar-refractivity contribution in [2.24, 2.45) is 0 Å². The average Bonchev–Trinajstić information content (AvgIpc) is 2.83. The number of benzene rings is 1. The summed E-state index contributed by atoms with van der Waals surface area (Å²) in [5.41, 5.74) is 2.54. The van der Waals surface area contributed by atoms with Crippen molar-refractivity contribution < 1.29 is 0 Å². The minimum Gasteiger partial charge on any atom is -0.378 e. The zero-order valence-electron chi connectivity index (χ0n) is 9.04. The van der Waals surface area contributed by atoms with Gasteiger partial charge in [-0.2, -0.15) is 0 Å². The number of hydrogen-bond acceptors (Lipinski definition) is 2. The van der Waals surface area contributed by atoms with E-state index in [9.17, 15) is 0 Å². The predicted octanol–water partition coefficient (Wildman–Crippen LogP) is 5.26. The van der Waals surface area contributed by atoms with Gasteiger partial charge in [0.25, 0.3) is 0 Å². The molecule has 0 saturated heterocycles. The topological polar surface area (TPSA) is 12.0 Å². The zero-order chi connectivity index (χ0) is 11.8. The van der Waals surface area contributed by atoms with E-state index >= 15 is 0 Å². The van der Waals surface area contributed by atoms with Crippen molar-refractivity contribution in [3.05, 3.63) is 49.6 Å². The lowest BCUT2D eigenvalue weighted by Crippen LogP contribution is -2.06. The fourth-order valence-electron chi connectivity index (χ4n) is 2.23. The van der Waals surface area contributed by atoms with Gasteiger partial charge in [-0.3, -0.25) is 0 Å². The highest BCUT2D eigenvalue weighted by atomic mass is 79.9. The molecule has 0 saturated carbocycles. The number of nitrogens with one attached hydrogen (secondary N) is 1. The first kappa shape index (κ1) is 11.6. The maximum Gasteiger partial charge on any atom is 0.0934 e. The van der Waals surface area contributed by atoms with Crippen LogP contribution in [0.25, 0.3) is 0 Å². The molecule has 4 heteroatoms. The molecule has 0 spiro atoms. The monoisotopic (exact) mass is 327 g/mol. The van der Waals surface area contributed by atoms with E-state index in [1.165, 1.54) is 10.4 Å². The minimum absolute atomic E-state index is 0.412. The Morgan fingerprint density at radius 1 is 1.29 bits per heavy atom. The first-order valence-electron chi connectivity index (χ1n) is 5.52. The second kappa shape index (κ2) is 4.63. The van der Waals surface area contributed by atoms with Gasteiger partial charge in [0.2, 0.25) is 0 Å². The van der Waals surface area contributed by atoms with Gasteiger partial charge in [-0.1, -0.05) is 27.5 Å². The molecule has 0 bridgehead atoms. The molecule has 3 rings (SSSR count). The Balaban J connectivity index is 1.81. The number of anilines is 1. The van der Waals surface area contributed by atoms with E-state index in [1.807, 2.05) is 0 Å². The van der Waals surface area contributed by atoms with Gasteiger partial charge < -0.3 is 5.32 Å². The van der Waals surface area contributed by atoms with Crippen molar-refractivity contribution in [3.8, 4) is 0 Å². The third-order valence-electron chi connectivity index (χ3n) is 3.03. The van der Waals surface area contributed by atoms with Crippen molar-refractivity contribution in [1.29, 1.82) is 0 Å². The summed E-state index contributed by atoms with van der Waals surface area (Å²) in [7, 11) is 0. The molecule has 1 aliphatic rings. The molecule has 1 atom stereocenters. The molecule has 0 radical (unpaired) electrons. The smallest absolute Gasteiger partial charge is 0.0934 e. The predicted molar refractivity (Wildman–Crippen MR) is 78.2 cm³/mol. The molecule has 1 heterocycles. The number of fused-ring (bicyclic) bond motifs is 1. The van der Waals surface area contributed by atoms with Gasteiger partial charge >= 0.3 is 0 Å². The van der Waals surface area contributed by atoms with Crippen LogP contribution >= 0.6 is 38.9 Å². The van der Waals surface area contributed by atoms with Gasteiger partial charge in [-0.25, -0.2) is 0 Å². The molecule has 17 heavy (non-hydrogen) atoms. The van der Waals surface area contributed by atoms with E-state index in [1.54, 1.807) is 11.3 Å². The molecule has 0 aliphatic heterocycles. The van der Waals surface area contributed by atoms with Crippen molar-refractivity contribution >= 4 is 44.6 Å². The van der Waals surface area contributed by atoms with Gasteiger partial charge in [0.1, 0.15) is 0 Å². The summed E-state index contributed by atoms with van der Waals surface area (Å²) < 4.78 is 2.01. The molecular weight excluding hydrogens is 318 g/mol. The Kier molecular flexibility index (Phi) is 3.16. The lowest BCUT2D eigenvalue weighted by atomic mass is 10.1. The first-order valence-corrected chi connectivity index (χ1v) is 7.51. The highest BCUT2D eigenvalue weighted by Gasteiger charge is 2.24. The van der Waals surface area contributed by atoms with Crippen LogP contribution in [0.4, 0.5) is 5.69 Å². The fourth-order valence-corrected chi connectivity index (χ4v) is 3.85. The third-order valence-corrected chi connectivity index (χ3v) is 4.90. The molecular formula is C13H11BrClNS. The van der Waals surface area contributed by atoms with E-state index in [0.717, 1.165) is 27.3 Å². The van der Waals surface area contributed by atoms with Crippen molar-refractivity contribution in [1.82, 2.24) is 0 Å². The summed E-state index contributed by atoms with van der Waals surface area (Å²) in [6.45, 7) is 0. The minimum atomic E-state index is 0.412. The average molecular weight is 329 g/mol. The Hall–Kier alpha value is -0.510. The molecule has 1 N–H and O–H groups in total. The van der Waals surface area contributed by atoms with Gasteiger partial charge in [0.05, 0.1) is 10.4 Å². The molecule has 1 nitrogen and oxygen atoms in total. The molecule has 0 fully saturated rings. The Labute approximate surface area is 118 Å². The van der Waals surface area contributed by atoms with Crippen molar-refractivity contribution in [2.45, 2.75) is 18.9 Å². The van der Waals surface area contributed by atoms with Crippen LogP contribution in [-0.4, -0.2) is 0 Å². The third kappa shape index (κ3) is 2.37. The summed E-state index contributed by atoms with van der Waals surface area (Å²) in [4.78, 5) is 1.43. The van der Waals surface area contributed by atoms with Crippen LogP contribution in [0.15, 0.2) is 34.8 Å². The summed E-state index contributed by atoms with van der Waals surface area (Å²) in [5.74, 6) is 0. The molecule has 1 aliphatic carbocycles. The van der Waals surface area contributed by atoms with Crippen LogP contribution in [0.3, 0.4) is 0 Å². The van der Waals surface area contributed by atoms with Gasteiger partial charge in [0, 0.05) is 15.0 Å². The number of thiophene rings is 1. The van der Waals surface area contributed by atoms with E-state index in [4.69, 9.17) is 11.6 Å². The maximum atomic E-state index is 6.05. The van der Waals surface area contributed by atoms with E-state index in [-0.39, 0.29) is 0 Å². The standard InChI is InChI=1S/C13H11BrClNS/c14-8-1-3-9(4-2-8)16-11-5-6-12-10(11)7-13(15)17-12/h1-4,7,11,16H,5-6H2. The maximum absolute atomic E-state index is 6.05. The highest BCUT2D eigenvalue weighted by molar-refractivity contribution is 9.10. The first-order chi connectivity index (χ1) is 8.22. The summed E-state index contributed by atoms with van der Waals surface area (Å²) >= 11 is 11.2. The Bertz CT molecular complexity index is 535. The lowest BCUT2D eigenvalue weighted by Gasteiger charge is -2.14. The zero-order valence-corrected chi connectivity index (χ0v) is 12.2. The second-order valence-corrected chi connectivity index (χ2v) is 6.86. The van der Waals surface area contributed by atoms with Crippen LogP contribution in [-0.2, 0) is 6.42 Å². The van der Waals surface area contributed by atoms with E-state index < -0.39 is 0 Å². The van der Waals surface area contributed by atoms with Crippen LogP contribution in [0.2, 0.25) is 4.34 Å². The molecule has 2 aromatic rings. The number of hydrogen-bond donors (Lipinski definition) is 1. The van der Waals surface area contributed by atoms with E-state index in [2.05, 4.69) is 51.6 Å². The fraction of sp³-hybridized carbons (Fsp3) is 0.231.